The third-order valence-electron chi connectivity index (χ3n) is 4.84. The fourth-order valence-electron chi connectivity index (χ4n) is 3.77. The van der Waals surface area contributed by atoms with Crippen molar-refractivity contribution in [2.75, 3.05) is 0 Å². The van der Waals surface area contributed by atoms with E-state index in [4.69, 9.17) is 16.6 Å². The monoisotopic (exact) mass is 326 g/mol. The molecule has 1 saturated carbocycles. The Balaban J connectivity index is 1.97. The largest absolute Gasteiger partial charge is 0.265 e. The molecule has 23 heavy (non-hydrogen) atoms. The van der Waals surface area contributed by atoms with Crippen LogP contribution in [0.1, 0.15) is 48.6 Å². The number of fused-ring (bicyclic) bond motifs is 1. The van der Waals surface area contributed by atoms with Gasteiger partial charge in [-0.15, -0.1) is 0 Å². The molecule has 3 heterocycles. The highest BCUT2D eigenvalue weighted by atomic mass is 35.5. The predicted octanol–water partition coefficient (Wildman–Crippen LogP) is 4.72. The number of pyridine rings is 1. The van der Waals surface area contributed by atoms with Gasteiger partial charge in [0.1, 0.15) is 5.15 Å². The Morgan fingerprint density at radius 3 is 2.48 bits per heavy atom. The van der Waals surface area contributed by atoms with Crippen molar-refractivity contribution in [2.45, 2.75) is 45.4 Å². The molecule has 3 aromatic rings. The number of aryl methyl sites for hydroxylation is 2. The van der Waals surface area contributed by atoms with Crippen molar-refractivity contribution in [3.8, 4) is 11.1 Å². The molecule has 0 saturated heterocycles. The molecule has 0 aromatic carbocycles. The molecule has 0 amide bonds. The van der Waals surface area contributed by atoms with Crippen molar-refractivity contribution >= 4 is 17.2 Å². The van der Waals surface area contributed by atoms with E-state index >= 15 is 0 Å². The van der Waals surface area contributed by atoms with E-state index in [0.717, 1.165) is 33.3 Å². The minimum Gasteiger partial charge on any atom is -0.265 e. The van der Waals surface area contributed by atoms with Crippen LogP contribution in [0.4, 0.5) is 0 Å². The van der Waals surface area contributed by atoms with Gasteiger partial charge in [-0.3, -0.25) is 4.98 Å². The summed E-state index contributed by atoms with van der Waals surface area (Å²) in [5.41, 5.74) is 6.09. The van der Waals surface area contributed by atoms with Gasteiger partial charge in [0.2, 0.25) is 0 Å². The van der Waals surface area contributed by atoms with Gasteiger partial charge >= 0.3 is 0 Å². The summed E-state index contributed by atoms with van der Waals surface area (Å²) < 4.78 is 1.81. The van der Waals surface area contributed by atoms with Crippen molar-refractivity contribution in [1.82, 2.24) is 19.6 Å². The average Bonchev–Trinajstić information content (AvgIpc) is 3.16. The smallest absolute Gasteiger partial charge is 0.165 e. The summed E-state index contributed by atoms with van der Waals surface area (Å²) in [4.78, 5) is 8.97. The zero-order valence-corrected chi connectivity index (χ0v) is 14.1. The molecule has 0 N–H and O–H groups in total. The summed E-state index contributed by atoms with van der Waals surface area (Å²) in [5.74, 6) is 0.522. The number of nitrogens with zero attached hydrogens (tertiary/aromatic N) is 4. The van der Waals surface area contributed by atoms with Crippen LogP contribution in [0.15, 0.2) is 24.5 Å². The number of hydrogen-bond acceptors (Lipinski definition) is 3. The Labute approximate surface area is 140 Å². The lowest BCUT2D eigenvalue weighted by molar-refractivity contribution is 0.699. The first kappa shape index (κ1) is 14.6. The molecule has 4 rings (SSSR count). The van der Waals surface area contributed by atoms with Crippen molar-refractivity contribution in [3.63, 3.8) is 0 Å². The zero-order chi connectivity index (χ0) is 16.0. The minimum absolute atomic E-state index is 0.522. The molecular formula is C18H19ClN4. The van der Waals surface area contributed by atoms with Crippen LogP contribution in [-0.2, 0) is 0 Å². The van der Waals surface area contributed by atoms with E-state index in [1.165, 1.54) is 31.2 Å². The van der Waals surface area contributed by atoms with E-state index in [1.807, 2.05) is 23.6 Å². The molecule has 4 nitrogen and oxygen atoms in total. The zero-order valence-electron chi connectivity index (χ0n) is 13.4. The first-order chi connectivity index (χ1) is 11.2. The number of hydrogen-bond donors (Lipinski definition) is 0. The Morgan fingerprint density at radius 2 is 1.78 bits per heavy atom. The van der Waals surface area contributed by atoms with Crippen LogP contribution in [0.5, 0.6) is 0 Å². The normalized spacial score (nSPS) is 15.6. The van der Waals surface area contributed by atoms with Crippen LogP contribution in [-0.4, -0.2) is 19.6 Å². The summed E-state index contributed by atoms with van der Waals surface area (Å²) in [6.45, 7) is 4.07. The summed E-state index contributed by atoms with van der Waals surface area (Å²) >= 11 is 6.75. The second-order valence-electron chi connectivity index (χ2n) is 6.31. The highest BCUT2D eigenvalue weighted by molar-refractivity contribution is 6.30. The van der Waals surface area contributed by atoms with Crippen LogP contribution >= 0.6 is 11.6 Å². The van der Waals surface area contributed by atoms with E-state index in [2.05, 4.69) is 17.0 Å². The summed E-state index contributed by atoms with van der Waals surface area (Å²) in [6, 6.07) is 3.97. The number of rotatable bonds is 2. The molecule has 0 bridgehead atoms. The quantitative estimate of drug-likeness (QED) is 0.640. The molecule has 1 fully saturated rings. The van der Waals surface area contributed by atoms with Crippen LogP contribution in [0.2, 0.25) is 5.15 Å². The SMILES string of the molecule is Cc1nc2c(-c3ccncc3)c(C)nn2c(Cl)c1C1CCCC1. The molecular weight excluding hydrogens is 308 g/mol. The van der Waals surface area contributed by atoms with Crippen molar-refractivity contribution in [3.05, 3.63) is 46.6 Å². The van der Waals surface area contributed by atoms with Crippen LogP contribution in [0, 0.1) is 13.8 Å². The van der Waals surface area contributed by atoms with Gasteiger partial charge in [0.15, 0.2) is 5.65 Å². The maximum Gasteiger partial charge on any atom is 0.165 e. The third kappa shape index (κ3) is 2.32. The Bertz CT molecular complexity index is 864. The van der Waals surface area contributed by atoms with E-state index in [0.29, 0.717) is 5.92 Å². The van der Waals surface area contributed by atoms with Crippen molar-refractivity contribution in [1.29, 1.82) is 0 Å². The third-order valence-corrected chi connectivity index (χ3v) is 5.20. The molecule has 1 aliphatic rings. The molecule has 1 aliphatic carbocycles. The maximum absolute atomic E-state index is 6.75. The minimum atomic E-state index is 0.522. The van der Waals surface area contributed by atoms with Gasteiger partial charge in [0.05, 0.1) is 5.69 Å². The molecule has 0 aliphatic heterocycles. The lowest BCUT2D eigenvalue weighted by Gasteiger charge is -2.15. The molecule has 5 heteroatoms. The average molecular weight is 327 g/mol. The predicted molar refractivity (Wildman–Crippen MR) is 91.9 cm³/mol. The first-order valence-corrected chi connectivity index (χ1v) is 8.50. The van der Waals surface area contributed by atoms with Crippen LogP contribution < -0.4 is 0 Å². The Morgan fingerprint density at radius 1 is 1.09 bits per heavy atom. The highest BCUT2D eigenvalue weighted by Crippen LogP contribution is 2.40. The van der Waals surface area contributed by atoms with Crippen molar-refractivity contribution < 1.29 is 0 Å². The summed E-state index contributed by atoms with van der Waals surface area (Å²) in [7, 11) is 0. The fourth-order valence-corrected chi connectivity index (χ4v) is 4.18. The molecule has 0 atom stereocenters. The summed E-state index contributed by atoms with van der Waals surface area (Å²) in [5, 5.41) is 5.39. The van der Waals surface area contributed by atoms with Gasteiger partial charge in [0.25, 0.3) is 0 Å². The van der Waals surface area contributed by atoms with Crippen LogP contribution in [0.25, 0.3) is 16.8 Å². The Kier molecular flexibility index (Phi) is 3.57. The second-order valence-corrected chi connectivity index (χ2v) is 6.67. The standard InChI is InChI=1S/C18H19ClN4/c1-11-15(13-5-3-4-6-13)17(19)23-18(21-11)16(12(2)22-23)14-7-9-20-10-8-14/h7-10,13H,3-6H2,1-2H3. The fraction of sp³-hybridized carbons (Fsp3) is 0.389. The van der Waals surface area contributed by atoms with E-state index in [9.17, 15) is 0 Å². The number of halogens is 1. The van der Waals surface area contributed by atoms with Gasteiger partial charge in [-0.1, -0.05) is 24.4 Å². The van der Waals surface area contributed by atoms with Crippen LogP contribution in [0.3, 0.4) is 0 Å². The molecule has 3 aromatic heterocycles. The van der Waals surface area contributed by atoms with Gasteiger partial charge in [0, 0.05) is 29.2 Å². The highest BCUT2D eigenvalue weighted by Gasteiger charge is 2.26. The molecule has 118 valence electrons. The van der Waals surface area contributed by atoms with Gasteiger partial charge in [-0.25, -0.2) is 9.50 Å². The summed E-state index contributed by atoms with van der Waals surface area (Å²) in [6.07, 6.45) is 8.54. The Hall–Kier alpha value is -1.94. The molecule has 0 unspecified atom stereocenters. The van der Waals surface area contributed by atoms with E-state index in [1.54, 1.807) is 12.4 Å². The molecule has 0 radical (unpaired) electrons. The lowest BCUT2D eigenvalue weighted by atomic mass is 9.98. The number of aromatic nitrogens is 4. The van der Waals surface area contributed by atoms with E-state index < -0.39 is 0 Å². The van der Waals surface area contributed by atoms with Gasteiger partial charge in [-0.05, 0) is 50.3 Å². The van der Waals surface area contributed by atoms with Gasteiger partial charge < -0.3 is 0 Å². The van der Waals surface area contributed by atoms with Crippen molar-refractivity contribution in [2.24, 2.45) is 0 Å². The topological polar surface area (TPSA) is 43.1 Å². The second kappa shape index (κ2) is 5.60. The van der Waals surface area contributed by atoms with Gasteiger partial charge in [-0.2, -0.15) is 5.10 Å². The first-order valence-electron chi connectivity index (χ1n) is 8.12. The lowest BCUT2D eigenvalue weighted by Crippen LogP contribution is -2.06. The maximum atomic E-state index is 6.75. The molecule has 0 spiro atoms. The van der Waals surface area contributed by atoms with E-state index in [-0.39, 0.29) is 0 Å².